The van der Waals surface area contributed by atoms with E-state index >= 15 is 0 Å². The summed E-state index contributed by atoms with van der Waals surface area (Å²) in [5, 5.41) is 3.51. The Labute approximate surface area is 136 Å². The molecule has 0 bridgehead atoms. The molecular weight excluding hydrogens is 308 g/mol. The standard InChI is InChI=1S/C19H11ClN2O/c20-13-7-8-15-16(9-13)22-10-12-6-5-11-3-1-2-4-14(11)17(12)18(22)21-19(15)23/h1-9H,10H2. The fourth-order valence-corrected chi connectivity index (χ4v) is 3.64. The first kappa shape index (κ1) is 12.9. The second-order valence-electron chi connectivity index (χ2n) is 5.81. The Bertz CT molecular complexity index is 1180. The van der Waals surface area contributed by atoms with E-state index in [1.807, 2.05) is 18.2 Å². The van der Waals surface area contributed by atoms with Gasteiger partial charge in [-0.1, -0.05) is 48.0 Å². The van der Waals surface area contributed by atoms with Crippen molar-refractivity contribution in [3.8, 4) is 11.4 Å². The summed E-state index contributed by atoms with van der Waals surface area (Å²) in [5.74, 6) is 0.733. The lowest BCUT2D eigenvalue weighted by Crippen LogP contribution is -2.13. The smallest absolute Gasteiger partial charge is 0.281 e. The Kier molecular flexibility index (Phi) is 2.48. The summed E-state index contributed by atoms with van der Waals surface area (Å²) in [6.45, 7) is 0.708. The van der Waals surface area contributed by atoms with E-state index in [0.717, 1.165) is 27.7 Å². The minimum Gasteiger partial charge on any atom is -0.320 e. The molecule has 1 aliphatic rings. The average molecular weight is 319 g/mol. The predicted molar refractivity (Wildman–Crippen MR) is 93.1 cm³/mol. The molecule has 0 N–H and O–H groups in total. The first-order valence-electron chi connectivity index (χ1n) is 7.43. The van der Waals surface area contributed by atoms with Crippen molar-refractivity contribution in [1.82, 2.24) is 9.55 Å². The number of halogens is 1. The van der Waals surface area contributed by atoms with Crippen molar-refractivity contribution in [1.29, 1.82) is 0 Å². The third-order valence-corrected chi connectivity index (χ3v) is 4.75. The Hall–Kier alpha value is -2.65. The quantitative estimate of drug-likeness (QED) is 0.428. The van der Waals surface area contributed by atoms with E-state index in [2.05, 4.69) is 33.8 Å². The third kappa shape index (κ3) is 1.71. The lowest BCUT2D eigenvalue weighted by atomic mass is 10.0. The van der Waals surface area contributed by atoms with Gasteiger partial charge < -0.3 is 4.57 Å². The molecule has 0 amide bonds. The minimum atomic E-state index is -0.205. The van der Waals surface area contributed by atoms with Crippen LogP contribution in [0.1, 0.15) is 5.56 Å². The van der Waals surface area contributed by atoms with Crippen LogP contribution in [0, 0.1) is 0 Å². The molecule has 1 aromatic heterocycles. The van der Waals surface area contributed by atoms with Gasteiger partial charge in [0.15, 0.2) is 0 Å². The van der Waals surface area contributed by atoms with Crippen molar-refractivity contribution >= 4 is 33.3 Å². The Morgan fingerprint density at radius 2 is 1.87 bits per heavy atom. The molecule has 0 saturated carbocycles. The van der Waals surface area contributed by atoms with Gasteiger partial charge in [0.1, 0.15) is 5.82 Å². The van der Waals surface area contributed by atoms with Gasteiger partial charge in [-0.25, -0.2) is 0 Å². The summed E-state index contributed by atoms with van der Waals surface area (Å²) >= 11 is 6.14. The van der Waals surface area contributed by atoms with Crippen LogP contribution < -0.4 is 5.56 Å². The van der Waals surface area contributed by atoms with Gasteiger partial charge in [0.25, 0.3) is 5.56 Å². The first-order chi connectivity index (χ1) is 11.2. The number of hydrogen-bond donors (Lipinski definition) is 0. The molecule has 110 valence electrons. The number of benzene rings is 3. The molecule has 0 unspecified atom stereocenters. The lowest BCUT2D eigenvalue weighted by Gasteiger charge is -2.08. The molecule has 23 heavy (non-hydrogen) atoms. The summed E-state index contributed by atoms with van der Waals surface area (Å²) < 4.78 is 2.08. The Morgan fingerprint density at radius 1 is 1.00 bits per heavy atom. The molecule has 3 nitrogen and oxygen atoms in total. The van der Waals surface area contributed by atoms with Gasteiger partial charge in [0, 0.05) is 10.6 Å². The second-order valence-corrected chi connectivity index (χ2v) is 6.25. The van der Waals surface area contributed by atoms with Gasteiger partial charge in [0.2, 0.25) is 0 Å². The van der Waals surface area contributed by atoms with Gasteiger partial charge in [0.05, 0.1) is 17.4 Å². The molecule has 0 atom stereocenters. The Morgan fingerprint density at radius 3 is 2.78 bits per heavy atom. The van der Waals surface area contributed by atoms with Crippen LogP contribution in [0.15, 0.2) is 59.4 Å². The summed E-state index contributed by atoms with van der Waals surface area (Å²) in [4.78, 5) is 16.8. The minimum absolute atomic E-state index is 0.205. The maximum Gasteiger partial charge on any atom is 0.281 e. The molecule has 5 rings (SSSR count). The maximum absolute atomic E-state index is 12.4. The van der Waals surface area contributed by atoms with E-state index in [1.54, 1.807) is 12.1 Å². The van der Waals surface area contributed by atoms with E-state index in [-0.39, 0.29) is 5.56 Å². The molecule has 0 fully saturated rings. The summed E-state index contributed by atoms with van der Waals surface area (Å²) in [6, 6.07) is 17.8. The maximum atomic E-state index is 12.4. The van der Waals surface area contributed by atoms with Gasteiger partial charge in [-0.15, -0.1) is 0 Å². The summed E-state index contributed by atoms with van der Waals surface area (Å²) in [5.41, 5.74) is 2.88. The first-order valence-corrected chi connectivity index (χ1v) is 7.81. The third-order valence-electron chi connectivity index (χ3n) is 4.51. The fourth-order valence-electron chi connectivity index (χ4n) is 3.47. The van der Waals surface area contributed by atoms with Gasteiger partial charge >= 0.3 is 0 Å². The van der Waals surface area contributed by atoms with Crippen LogP contribution in [0.3, 0.4) is 0 Å². The van der Waals surface area contributed by atoms with Crippen LogP contribution in [-0.2, 0) is 6.54 Å². The van der Waals surface area contributed by atoms with Crippen molar-refractivity contribution in [3.63, 3.8) is 0 Å². The zero-order valence-electron chi connectivity index (χ0n) is 12.1. The summed E-state index contributed by atoms with van der Waals surface area (Å²) in [6.07, 6.45) is 0. The van der Waals surface area contributed by atoms with Gasteiger partial charge in [-0.3, -0.25) is 4.79 Å². The normalized spacial score (nSPS) is 12.6. The number of nitrogens with zero attached hydrogens (tertiary/aromatic N) is 2. The number of aromatic nitrogens is 2. The van der Waals surface area contributed by atoms with E-state index < -0.39 is 0 Å². The van der Waals surface area contributed by atoms with Crippen LogP contribution in [0.4, 0.5) is 0 Å². The van der Waals surface area contributed by atoms with Gasteiger partial charge in [-0.2, -0.15) is 4.98 Å². The number of rotatable bonds is 0. The molecule has 1 aliphatic heterocycles. The molecule has 0 saturated heterocycles. The molecule has 0 radical (unpaired) electrons. The largest absolute Gasteiger partial charge is 0.320 e. The van der Waals surface area contributed by atoms with E-state index in [1.165, 1.54) is 5.56 Å². The van der Waals surface area contributed by atoms with Crippen molar-refractivity contribution < 1.29 is 0 Å². The number of hydrogen-bond acceptors (Lipinski definition) is 2. The monoisotopic (exact) mass is 318 g/mol. The molecule has 3 aromatic carbocycles. The van der Waals surface area contributed by atoms with E-state index in [9.17, 15) is 4.79 Å². The summed E-state index contributed by atoms with van der Waals surface area (Å²) in [7, 11) is 0. The van der Waals surface area contributed by atoms with Crippen LogP contribution in [0.25, 0.3) is 33.1 Å². The average Bonchev–Trinajstić information content (AvgIpc) is 2.94. The molecular formula is C19H11ClN2O. The lowest BCUT2D eigenvalue weighted by molar-refractivity contribution is 0.853. The second kappa shape index (κ2) is 4.43. The highest BCUT2D eigenvalue weighted by Gasteiger charge is 2.24. The molecule has 2 heterocycles. The van der Waals surface area contributed by atoms with Crippen LogP contribution in [0.5, 0.6) is 0 Å². The predicted octanol–water partition coefficient (Wildman–Crippen LogP) is 4.23. The molecule has 4 aromatic rings. The number of fused-ring (bicyclic) bond motifs is 7. The van der Waals surface area contributed by atoms with Crippen molar-refractivity contribution in [2.75, 3.05) is 0 Å². The molecule has 0 spiro atoms. The van der Waals surface area contributed by atoms with Crippen molar-refractivity contribution in [2.45, 2.75) is 6.54 Å². The highest BCUT2D eigenvalue weighted by atomic mass is 35.5. The van der Waals surface area contributed by atoms with Gasteiger partial charge in [-0.05, 0) is 34.5 Å². The Balaban J connectivity index is 1.97. The molecule has 0 aliphatic carbocycles. The van der Waals surface area contributed by atoms with Crippen LogP contribution in [0.2, 0.25) is 5.02 Å². The highest BCUT2D eigenvalue weighted by molar-refractivity contribution is 6.31. The van der Waals surface area contributed by atoms with E-state index in [0.29, 0.717) is 17.0 Å². The van der Waals surface area contributed by atoms with Crippen molar-refractivity contribution in [3.05, 3.63) is 75.5 Å². The molecule has 4 heteroatoms. The van der Waals surface area contributed by atoms with Crippen molar-refractivity contribution in [2.24, 2.45) is 0 Å². The topological polar surface area (TPSA) is 34.9 Å². The SMILES string of the molecule is O=c1nc2n(c3cc(Cl)ccc13)Cc1ccc3ccccc3c1-2. The van der Waals surface area contributed by atoms with E-state index in [4.69, 9.17) is 11.6 Å². The zero-order chi connectivity index (χ0) is 15.6. The zero-order valence-corrected chi connectivity index (χ0v) is 12.8. The highest BCUT2D eigenvalue weighted by Crippen LogP contribution is 2.37. The van der Waals surface area contributed by atoms with Crippen LogP contribution in [-0.4, -0.2) is 9.55 Å². The van der Waals surface area contributed by atoms with Crippen LogP contribution >= 0.6 is 11.6 Å². The fraction of sp³-hybridized carbons (Fsp3) is 0.0526.